The number of aromatic nitrogens is 2. The molecule has 0 aliphatic carbocycles. The zero-order valence-corrected chi connectivity index (χ0v) is 19.2. The number of nitrogens with one attached hydrogen (secondary N) is 2. The van der Waals surface area contributed by atoms with Crippen molar-refractivity contribution in [1.29, 1.82) is 0 Å². The van der Waals surface area contributed by atoms with E-state index in [0.717, 1.165) is 17.8 Å². The summed E-state index contributed by atoms with van der Waals surface area (Å²) < 4.78 is 10.6. The van der Waals surface area contributed by atoms with Gasteiger partial charge in [0, 0.05) is 30.8 Å². The van der Waals surface area contributed by atoms with E-state index in [0.29, 0.717) is 41.0 Å². The highest BCUT2D eigenvalue weighted by Crippen LogP contribution is 2.32. The number of carbonyl (C=O) groups excluding carboxylic acids is 2. The minimum Gasteiger partial charge on any atom is -0.497 e. The molecule has 1 aromatic heterocycles. The molecule has 1 aliphatic heterocycles. The average molecular weight is 468 g/mol. The molecule has 3 amide bonds. The van der Waals surface area contributed by atoms with Gasteiger partial charge in [-0.2, -0.15) is 0 Å². The van der Waals surface area contributed by atoms with Crippen LogP contribution in [-0.2, 0) is 0 Å². The third-order valence-electron chi connectivity index (χ3n) is 5.37. The van der Waals surface area contributed by atoms with Crippen LogP contribution in [0.5, 0.6) is 11.5 Å². The molecule has 0 saturated carbocycles. The molecule has 2 N–H and O–H groups in total. The zero-order chi connectivity index (χ0) is 23.2. The van der Waals surface area contributed by atoms with E-state index in [1.807, 2.05) is 30.3 Å². The van der Waals surface area contributed by atoms with Gasteiger partial charge in [-0.05, 0) is 37.1 Å². The number of likely N-dealkylation sites (tertiary alicyclic amines) is 1. The fourth-order valence-electron chi connectivity index (χ4n) is 3.66. The first-order chi connectivity index (χ1) is 16.1. The molecule has 2 aromatic carbocycles. The number of methoxy groups -OCH3 is 2. The van der Waals surface area contributed by atoms with Gasteiger partial charge in [0.2, 0.25) is 5.01 Å². The Balaban J connectivity index is 1.39. The maximum absolute atomic E-state index is 12.9. The molecule has 1 unspecified atom stereocenters. The van der Waals surface area contributed by atoms with E-state index in [1.165, 1.54) is 11.3 Å². The molecule has 1 aliphatic rings. The number of para-hydroxylation sites is 1. The molecule has 0 spiro atoms. The molecular weight excluding hydrogens is 442 g/mol. The van der Waals surface area contributed by atoms with Crippen LogP contribution in [0.4, 0.5) is 16.2 Å². The smallest absolute Gasteiger partial charge is 0.321 e. The average Bonchev–Trinajstić information content (AvgIpc) is 3.36. The number of amides is 3. The Morgan fingerprint density at radius 2 is 1.88 bits per heavy atom. The summed E-state index contributed by atoms with van der Waals surface area (Å²) in [5, 5.41) is 15.1. The lowest BCUT2D eigenvalue weighted by atomic mass is 9.99. The predicted octanol–water partition coefficient (Wildman–Crippen LogP) is 4.22. The third-order valence-corrected chi connectivity index (χ3v) is 6.46. The van der Waals surface area contributed by atoms with Crippen molar-refractivity contribution < 1.29 is 19.1 Å². The molecule has 0 bridgehead atoms. The molecule has 4 rings (SSSR count). The Bertz CT molecular complexity index is 1120. The van der Waals surface area contributed by atoms with Gasteiger partial charge < -0.3 is 25.0 Å². The standard InChI is InChI=1S/C23H25N5O4S/c1-31-17-10-11-18(19(13-17)32-2)25-23(30)28-12-6-7-15(14-28)21-26-27-22(33-21)20(29)24-16-8-4-3-5-9-16/h3-5,8-11,13,15H,6-7,12,14H2,1-2H3,(H,24,29)(H,25,30). The van der Waals surface area contributed by atoms with Gasteiger partial charge in [-0.15, -0.1) is 10.2 Å². The largest absolute Gasteiger partial charge is 0.497 e. The summed E-state index contributed by atoms with van der Waals surface area (Å²) in [7, 11) is 3.12. The number of nitrogens with zero attached hydrogens (tertiary/aromatic N) is 3. The van der Waals surface area contributed by atoms with Crippen LogP contribution in [0.2, 0.25) is 0 Å². The third kappa shape index (κ3) is 5.40. The zero-order valence-electron chi connectivity index (χ0n) is 18.4. The van der Waals surface area contributed by atoms with E-state index in [4.69, 9.17) is 9.47 Å². The summed E-state index contributed by atoms with van der Waals surface area (Å²) in [6, 6.07) is 14.2. The second kappa shape index (κ2) is 10.3. The number of urea groups is 1. The number of carbonyl (C=O) groups is 2. The normalized spacial score (nSPS) is 15.6. The molecule has 2 heterocycles. The Kier molecular flexibility index (Phi) is 7.04. The Morgan fingerprint density at radius 1 is 1.06 bits per heavy atom. The second-order valence-electron chi connectivity index (χ2n) is 7.55. The number of rotatable bonds is 6. The van der Waals surface area contributed by atoms with Crippen molar-refractivity contribution in [3.63, 3.8) is 0 Å². The highest BCUT2D eigenvalue weighted by Gasteiger charge is 2.28. The highest BCUT2D eigenvalue weighted by atomic mass is 32.1. The molecule has 10 heteroatoms. The molecule has 3 aromatic rings. The highest BCUT2D eigenvalue weighted by molar-refractivity contribution is 7.13. The molecule has 33 heavy (non-hydrogen) atoms. The van der Waals surface area contributed by atoms with Crippen LogP contribution in [-0.4, -0.2) is 54.3 Å². The maximum Gasteiger partial charge on any atom is 0.321 e. The van der Waals surface area contributed by atoms with Gasteiger partial charge in [0.1, 0.15) is 16.5 Å². The lowest BCUT2D eigenvalue weighted by Crippen LogP contribution is -2.41. The number of anilines is 2. The van der Waals surface area contributed by atoms with Gasteiger partial charge in [-0.3, -0.25) is 4.79 Å². The van der Waals surface area contributed by atoms with E-state index in [9.17, 15) is 9.59 Å². The van der Waals surface area contributed by atoms with Crippen LogP contribution < -0.4 is 20.1 Å². The molecule has 9 nitrogen and oxygen atoms in total. The quantitative estimate of drug-likeness (QED) is 0.562. The summed E-state index contributed by atoms with van der Waals surface area (Å²) >= 11 is 1.27. The summed E-state index contributed by atoms with van der Waals surface area (Å²) in [6.07, 6.45) is 1.72. The van der Waals surface area contributed by atoms with Crippen molar-refractivity contribution in [3.8, 4) is 11.5 Å². The van der Waals surface area contributed by atoms with Crippen molar-refractivity contribution in [2.45, 2.75) is 18.8 Å². The number of hydrogen-bond acceptors (Lipinski definition) is 7. The minimum atomic E-state index is -0.290. The van der Waals surface area contributed by atoms with Crippen LogP contribution in [0.1, 0.15) is 33.6 Å². The Labute approximate surface area is 195 Å². The van der Waals surface area contributed by atoms with Crippen molar-refractivity contribution in [2.75, 3.05) is 37.9 Å². The van der Waals surface area contributed by atoms with Crippen molar-refractivity contribution in [1.82, 2.24) is 15.1 Å². The first-order valence-corrected chi connectivity index (χ1v) is 11.4. The van der Waals surface area contributed by atoms with Crippen molar-refractivity contribution in [2.24, 2.45) is 0 Å². The second-order valence-corrected chi connectivity index (χ2v) is 8.56. The summed E-state index contributed by atoms with van der Waals surface area (Å²) in [5.74, 6) is 0.903. The Hall–Kier alpha value is -3.66. The van der Waals surface area contributed by atoms with E-state index < -0.39 is 0 Å². The van der Waals surface area contributed by atoms with Crippen LogP contribution in [0.15, 0.2) is 48.5 Å². The first kappa shape index (κ1) is 22.5. The van der Waals surface area contributed by atoms with E-state index >= 15 is 0 Å². The minimum absolute atomic E-state index is 0.0260. The first-order valence-electron chi connectivity index (χ1n) is 10.5. The van der Waals surface area contributed by atoms with Crippen molar-refractivity contribution in [3.05, 3.63) is 58.5 Å². The summed E-state index contributed by atoms with van der Waals surface area (Å²) in [4.78, 5) is 27.2. The van der Waals surface area contributed by atoms with Crippen LogP contribution in [0.3, 0.4) is 0 Å². The number of hydrogen-bond donors (Lipinski definition) is 2. The number of benzene rings is 2. The number of ether oxygens (including phenoxy) is 2. The van der Waals surface area contributed by atoms with Crippen molar-refractivity contribution >= 4 is 34.6 Å². The van der Waals surface area contributed by atoms with Gasteiger partial charge in [0.15, 0.2) is 0 Å². The van der Waals surface area contributed by atoms with E-state index in [1.54, 1.807) is 37.3 Å². The molecule has 1 saturated heterocycles. The molecule has 1 atom stereocenters. The topological polar surface area (TPSA) is 106 Å². The molecule has 1 fully saturated rings. The van der Waals surface area contributed by atoms with Crippen LogP contribution in [0, 0.1) is 0 Å². The molecule has 0 radical (unpaired) electrons. The SMILES string of the molecule is COc1ccc(NC(=O)N2CCCC(c3nnc(C(=O)Nc4ccccc4)s3)C2)c(OC)c1. The molecule has 172 valence electrons. The fraction of sp³-hybridized carbons (Fsp3) is 0.304. The lowest BCUT2D eigenvalue weighted by Gasteiger charge is -2.31. The van der Waals surface area contributed by atoms with Gasteiger partial charge in [-0.1, -0.05) is 29.5 Å². The summed E-state index contributed by atoms with van der Waals surface area (Å²) in [6.45, 7) is 1.14. The number of piperidine rings is 1. The Morgan fingerprint density at radius 3 is 2.64 bits per heavy atom. The fourth-order valence-corrected chi connectivity index (χ4v) is 4.52. The monoisotopic (exact) mass is 467 g/mol. The van der Waals surface area contributed by atoms with E-state index in [-0.39, 0.29) is 17.9 Å². The van der Waals surface area contributed by atoms with Crippen LogP contribution in [0.25, 0.3) is 0 Å². The van der Waals surface area contributed by atoms with E-state index in [2.05, 4.69) is 20.8 Å². The van der Waals surface area contributed by atoms with Gasteiger partial charge in [0.05, 0.1) is 19.9 Å². The predicted molar refractivity (Wildman–Crippen MR) is 126 cm³/mol. The maximum atomic E-state index is 12.9. The van der Waals surface area contributed by atoms with Crippen LogP contribution >= 0.6 is 11.3 Å². The van der Waals surface area contributed by atoms with Gasteiger partial charge in [0.25, 0.3) is 5.91 Å². The molecular formula is C23H25N5O4S. The lowest BCUT2D eigenvalue weighted by molar-refractivity contribution is 0.102. The summed E-state index contributed by atoms with van der Waals surface area (Å²) in [5.41, 5.74) is 1.27. The van der Waals surface area contributed by atoms with Gasteiger partial charge in [-0.25, -0.2) is 4.79 Å². The van der Waals surface area contributed by atoms with Gasteiger partial charge >= 0.3 is 6.03 Å².